The second kappa shape index (κ2) is 4.31. The summed E-state index contributed by atoms with van der Waals surface area (Å²) < 4.78 is 16.7. The van der Waals surface area contributed by atoms with Crippen LogP contribution < -0.4 is 5.73 Å². The zero-order chi connectivity index (χ0) is 11.8. The molecular formula is C11H14BNO4. The summed E-state index contributed by atoms with van der Waals surface area (Å²) in [6, 6.07) is 0. The van der Waals surface area contributed by atoms with Crippen LogP contribution in [0.5, 0.6) is 0 Å². The van der Waals surface area contributed by atoms with Crippen molar-refractivity contribution in [2.75, 3.05) is 19.8 Å². The van der Waals surface area contributed by atoms with E-state index in [9.17, 15) is 5.11 Å². The molecule has 3 N–H and O–H groups in total. The average molecular weight is 235 g/mol. The van der Waals surface area contributed by atoms with Crippen LogP contribution in [0.1, 0.15) is 0 Å². The van der Waals surface area contributed by atoms with E-state index in [1.807, 2.05) is 12.2 Å². The van der Waals surface area contributed by atoms with E-state index in [1.165, 1.54) is 0 Å². The fraction of sp³-hybridized carbons (Fsp3) is 0.455. The van der Waals surface area contributed by atoms with Crippen molar-refractivity contribution in [1.82, 2.24) is 0 Å². The van der Waals surface area contributed by atoms with Gasteiger partial charge in [-0.1, -0.05) is 0 Å². The fourth-order valence-corrected chi connectivity index (χ4v) is 2.39. The summed E-state index contributed by atoms with van der Waals surface area (Å²) >= 11 is 0. The molecule has 0 fully saturated rings. The summed E-state index contributed by atoms with van der Waals surface area (Å²) in [5.74, 6) is 0. The Labute approximate surface area is 99.7 Å². The van der Waals surface area contributed by atoms with Crippen LogP contribution in [0.3, 0.4) is 0 Å². The number of aliphatic hydroxyl groups excluding tert-OH is 1. The molecule has 0 amide bonds. The quantitative estimate of drug-likeness (QED) is 0.633. The van der Waals surface area contributed by atoms with E-state index in [-0.39, 0.29) is 18.8 Å². The standard InChI is InChI=1S/C11H14BNO4/c13-4-8-3-7-1-2-15-6-9-10(5-14)17-12(16-8)11(7)9/h1-3,8,10,14H,4-6,13H2/t8?,10-/m1/s1. The minimum Gasteiger partial charge on any atom is -0.497 e. The van der Waals surface area contributed by atoms with E-state index in [2.05, 4.69) is 0 Å². The monoisotopic (exact) mass is 235 g/mol. The van der Waals surface area contributed by atoms with E-state index in [0.29, 0.717) is 13.2 Å². The molecule has 3 aliphatic rings. The van der Waals surface area contributed by atoms with Gasteiger partial charge in [0.15, 0.2) is 0 Å². The van der Waals surface area contributed by atoms with Crippen molar-refractivity contribution in [3.05, 3.63) is 35.0 Å². The first-order valence-electron chi connectivity index (χ1n) is 5.68. The lowest BCUT2D eigenvalue weighted by Gasteiger charge is -2.24. The highest BCUT2D eigenvalue weighted by Crippen LogP contribution is 2.36. The molecule has 0 radical (unpaired) electrons. The maximum atomic E-state index is 9.31. The van der Waals surface area contributed by atoms with Gasteiger partial charge >= 0.3 is 7.12 Å². The highest BCUT2D eigenvalue weighted by molar-refractivity contribution is 6.57. The van der Waals surface area contributed by atoms with Gasteiger partial charge in [-0.2, -0.15) is 0 Å². The molecule has 5 nitrogen and oxygen atoms in total. The summed E-state index contributed by atoms with van der Waals surface area (Å²) in [6.45, 7) is 0.772. The van der Waals surface area contributed by atoms with Gasteiger partial charge in [0.2, 0.25) is 0 Å². The lowest BCUT2D eigenvalue weighted by molar-refractivity contribution is 0.100. The van der Waals surface area contributed by atoms with Crippen LogP contribution >= 0.6 is 0 Å². The van der Waals surface area contributed by atoms with Crippen molar-refractivity contribution in [1.29, 1.82) is 0 Å². The van der Waals surface area contributed by atoms with E-state index in [4.69, 9.17) is 19.8 Å². The molecule has 3 rings (SSSR count). The molecule has 0 spiro atoms. The number of ether oxygens (including phenoxy) is 1. The van der Waals surface area contributed by atoms with Crippen LogP contribution in [0.15, 0.2) is 35.0 Å². The fourth-order valence-electron chi connectivity index (χ4n) is 2.39. The highest BCUT2D eigenvalue weighted by Gasteiger charge is 2.44. The third-order valence-corrected chi connectivity index (χ3v) is 3.21. The Morgan fingerprint density at radius 3 is 3.12 bits per heavy atom. The first-order valence-corrected chi connectivity index (χ1v) is 5.68. The molecular weight excluding hydrogens is 221 g/mol. The Hall–Kier alpha value is -1.08. The lowest BCUT2D eigenvalue weighted by atomic mass is 9.70. The van der Waals surface area contributed by atoms with Gasteiger partial charge in [0.1, 0.15) is 6.61 Å². The van der Waals surface area contributed by atoms with Crippen molar-refractivity contribution >= 4 is 7.12 Å². The molecule has 0 aromatic carbocycles. The zero-order valence-corrected chi connectivity index (χ0v) is 9.33. The molecule has 1 unspecified atom stereocenters. The van der Waals surface area contributed by atoms with E-state index in [0.717, 1.165) is 16.6 Å². The van der Waals surface area contributed by atoms with Gasteiger partial charge in [-0.3, -0.25) is 0 Å². The predicted octanol–water partition coefficient (Wildman–Crippen LogP) is -0.471. The van der Waals surface area contributed by atoms with Gasteiger partial charge in [-0.15, -0.1) is 0 Å². The topological polar surface area (TPSA) is 73.9 Å². The summed E-state index contributed by atoms with van der Waals surface area (Å²) in [5.41, 5.74) is 8.59. The molecule has 0 saturated carbocycles. The van der Waals surface area contributed by atoms with Crippen molar-refractivity contribution in [2.45, 2.75) is 12.2 Å². The minimum absolute atomic E-state index is 0.0668. The van der Waals surface area contributed by atoms with Gasteiger partial charge in [-0.05, 0) is 28.8 Å². The normalized spacial score (nSPS) is 30.9. The third-order valence-electron chi connectivity index (χ3n) is 3.21. The predicted molar refractivity (Wildman–Crippen MR) is 61.8 cm³/mol. The molecule has 0 aliphatic carbocycles. The molecule has 17 heavy (non-hydrogen) atoms. The van der Waals surface area contributed by atoms with Gasteiger partial charge in [0, 0.05) is 6.54 Å². The summed E-state index contributed by atoms with van der Waals surface area (Å²) in [4.78, 5) is 0. The van der Waals surface area contributed by atoms with Crippen molar-refractivity contribution < 1.29 is 19.2 Å². The first kappa shape index (κ1) is 11.0. The number of allylic oxidation sites excluding steroid dienone is 3. The van der Waals surface area contributed by atoms with Crippen molar-refractivity contribution in [3.8, 4) is 0 Å². The van der Waals surface area contributed by atoms with Crippen LogP contribution in [0.2, 0.25) is 0 Å². The van der Waals surface area contributed by atoms with Gasteiger partial charge in [-0.25, -0.2) is 0 Å². The molecule has 90 valence electrons. The summed E-state index contributed by atoms with van der Waals surface area (Å²) in [6.07, 6.45) is 5.04. The van der Waals surface area contributed by atoms with Gasteiger partial charge < -0.3 is 24.9 Å². The maximum Gasteiger partial charge on any atom is 0.495 e. The van der Waals surface area contributed by atoms with Gasteiger partial charge in [0.05, 0.1) is 25.1 Å². The highest BCUT2D eigenvalue weighted by atomic mass is 16.6. The van der Waals surface area contributed by atoms with Crippen LogP contribution in [0.25, 0.3) is 0 Å². The minimum atomic E-state index is -0.429. The Morgan fingerprint density at radius 2 is 2.35 bits per heavy atom. The number of aliphatic hydroxyl groups is 1. The molecule has 2 atom stereocenters. The molecule has 3 heterocycles. The summed E-state index contributed by atoms with van der Waals surface area (Å²) in [5, 5.41) is 9.31. The molecule has 6 heteroatoms. The largest absolute Gasteiger partial charge is 0.497 e. The zero-order valence-electron chi connectivity index (χ0n) is 9.33. The number of hydrogen-bond acceptors (Lipinski definition) is 5. The van der Waals surface area contributed by atoms with Gasteiger partial charge in [0.25, 0.3) is 0 Å². The maximum absolute atomic E-state index is 9.31. The second-order valence-corrected chi connectivity index (χ2v) is 4.22. The van der Waals surface area contributed by atoms with Crippen LogP contribution in [0, 0.1) is 0 Å². The van der Waals surface area contributed by atoms with Crippen LogP contribution in [0.4, 0.5) is 0 Å². The second-order valence-electron chi connectivity index (χ2n) is 4.22. The Kier molecular flexibility index (Phi) is 2.80. The molecule has 3 aliphatic heterocycles. The molecule has 0 aromatic heterocycles. The Bertz CT molecular complexity index is 418. The number of rotatable bonds is 2. The smallest absolute Gasteiger partial charge is 0.495 e. The first-order chi connectivity index (χ1) is 8.33. The van der Waals surface area contributed by atoms with Crippen LogP contribution in [-0.4, -0.2) is 44.2 Å². The molecule has 0 saturated heterocycles. The summed E-state index contributed by atoms with van der Waals surface area (Å²) in [7, 11) is -0.429. The van der Waals surface area contributed by atoms with E-state index < -0.39 is 7.12 Å². The third kappa shape index (κ3) is 1.73. The van der Waals surface area contributed by atoms with E-state index in [1.54, 1.807) is 6.26 Å². The van der Waals surface area contributed by atoms with Crippen LogP contribution in [-0.2, 0) is 14.0 Å². The SMILES string of the molecule is NCC1C=C2C=COCC3=C2B(O1)O[C@@H]3CO. The van der Waals surface area contributed by atoms with E-state index >= 15 is 0 Å². The number of nitrogens with two attached hydrogens (primary N) is 1. The Balaban J connectivity index is 2.03. The van der Waals surface area contributed by atoms with Crippen molar-refractivity contribution in [3.63, 3.8) is 0 Å². The Morgan fingerprint density at radius 1 is 1.47 bits per heavy atom. The average Bonchev–Trinajstić information content (AvgIpc) is 2.57. The molecule has 0 aromatic rings. The lowest BCUT2D eigenvalue weighted by Crippen LogP contribution is -2.37. The molecule has 0 bridgehead atoms. The number of hydrogen-bond donors (Lipinski definition) is 2. The van der Waals surface area contributed by atoms with Crippen molar-refractivity contribution in [2.24, 2.45) is 5.73 Å².